The number of aliphatic hydroxyl groups is 1. The predicted octanol–water partition coefficient (Wildman–Crippen LogP) is 1.29. The smallest absolute Gasteiger partial charge is 0.419 e. The van der Waals surface area contributed by atoms with E-state index in [-0.39, 0.29) is 18.8 Å². The number of carbonyl (C=O) groups excluding carboxylic acids is 1. The number of halogens is 3. The number of para-hydroxylation sites is 1. The predicted molar refractivity (Wildman–Crippen MR) is 59.5 cm³/mol. The van der Waals surface area contributed by atoms with E-state index in [1.54, 1.807) is 0 Å². The molecule has 0 atom stereocenters. The molecule has 2 rings (SSSR count). The number of ether oxygens (including phenoxy) is 1. The molecule has 1 saturated heterocycles. The maximum Gasteiger partial charge on any atom is 0.419 e. The zero-order valence-corrected chi connectivity index (χ0v) is 9.85. The average Bonchev–Trinajstić information content (AvgIpc) is 2.31. The summed E-state index contributed by atoms with van der Waals surface area (Å²) < 4.78 is 42.9. The second-order valence-corrected chi connectivity index (χ2v) is 4.24. The van der Waals surface area contributed by atoms with E-state index in [1.165, 1.54) is 23.1 Å². The fourth-order valence-electron chi connectivity index (χ4n) is 1.72. The Labute approximate surface area is 107 Å². The normalized spacial score (nSPS) is 16.1. The average molecular weight is 275 g/mol. The van der Waals surface area contributed by atoms with Gasteiger partial charge in [0.15, 0.2) is 6.61 Å². The zero-order valence-electron chi connectivity index (χ0n) is 9.85. The Morgan fingerprint density at radius 1 is 1.37 bits per heavy atom. The van der Waals surface area contributed by atoms with E-state index in [0.717, 1.165) is 6.07 Å². The van der Waals surface area contributed by atoms with E-state index in [1.807, 2.05) is 0 Å². The summed E-state index contributed by atoms with van der Waals surface area (Å²) in [6.45, 7) is -0.0773. The van der Waals surface area contributed by atoms with Gasteiger partial charge in [-0.15, -0.1) is 0 Å². The molecular weight excluding hydrogens is 263 g/mol. The molecule has 0 spiro atoms. The van der Waals surface area contributed by atoms with Crippen molar-refractivity contribution in [2.24, 2.45) is 0 Å². The van der Waals surface area contributed by atoms with Crippen LogP contribution in [-0.4, -0.2) is 41.7 Å². The Morgan fingerprint density at radius 3 is 2.58 bits per heavy atom. The van der Waals surface area contributed by atoms with Crippen molar-refractivity contribution in [2.45, 2.75) is 12.3 Å². The molecule has 0 radical (unpaired) electrons. The number of nitrogens with zero attached hydrogens (tertiary/aromatic N) is 1. The summed E-state index contributed by atoms with van der Waals surface area (Å²) in [6, 6.07) is 4.72. The van der Waals surface area contributed by atoms with Crippen LogP contribution in [0.5, 0.6) is 5.75 Å². The molecule has 0 aromatic heterocycles. The lowest BCUT2D eigenvalue weighted by molar-refractivity contribution is -0.145. The number of amides is 1. The lowest BCUT2D eigenvalue weighted by Gasteiger charge is -2.35. The van der Waals surface area contributed by atoms with E-state index in [0.29, 0.717) is 0 Å². The number of aliphatic hydroxyl groups excluding tert-OH is 1. The first-order valence-corrected chi connectivity index (χ1v) is 5.63. The van der Waals surface area contributed by atoms with Crippen LogP contribution < -0.4 is 4.74 Å². The van der Waals surface area contributed by atoms with Gasteiger partial charge in [0.2, 0.25) is 0 Å². The molecule has 104 valence electrons. The zero-order chi connectivity index (χ0) is 14.0. The Morgan fingerprint density at radius 2 is 2.00 bits per heavy atom. The maximum absolute atomic E-state index is 12.7. The van der Waals surface area contributed by atoms with Crippen LogP contribution in [0.15, 0.2) is 24.3 Å². The first-order valence-electron chi connectivity index (χ1n) is 5.63. The summed E-state index contributed by atoms with van der Waals surface area (Å²) in [6.07, 6.45) is -5.07. The monoisotopic (exact) mass is 275 g/mol. The molecule has 1 aromatic rings. The molecule has 1 heterocycles. The molecule has 1 N–H and O–H groups in total. The summed E-state index contributed by atoms with van der Waals surface area (Å²) in [5.41, 5.74) is -0.911. The molecule has 0 aliphatic carbocycles. The summed E-state index contributed by atoms with van der Waals surface area (Å²) in [5, 5.41) is 9.02. The minimum absolute atomic E-state index is 0.198. The van der Waals surface area contributed by atoms with E-state index in [4.69, 9.17) is 9.84 Å². The van der Waals surface area contributed by atoms with Crippen molar-refractivity contribution in [3.63, 3.8) is 0 Å². The van der Waals surface area contributed by atoms with Crippen LogP contribution in [0.1, 0.15) is 5.56 Å². The van der Waals surface area contributed by atoms with Gasteiger partial charge in [-0.2, -0.15) is 13.2 Å². The molecular formula is C12H12F3NO3. The molecule has 4 nitrogen and oxygen atoms in total. The van der Waals surface area contributed by atoms with Gasteiger partial charge >= 0.3 is 6.18 Å². The van der Waals surface area contributed by atoms with E-state index < -0.39 is 30.4 Å². The van der Waals surface area contributed by atoms with Crippen molar-refractivity contribution in [2.75, 3.05) is 19.7 Å². The number of likely N-dealkylation sites (tertiary alicyclic amines) is 1. The number of alkyl halides is 3. The number of hydrogen-bond donors (Lipinski definition) is 1. The van der Waals surface area contributed by atoms with Crippen molar-refractivity contribution in [1.82, 2.24) is 4.90 Å². The standard InChI is InChI=1S/C12H12F3NO3/c13-12(14,15)9-3-1-2-4-10(9)19-7-11(18)16-5-8(17)6-16/h1-4,8,17H,5-7H2. The third kappa shape index (κ3) is 3.17. The quantitative estimate of drug-likeness (QED) is 0.904. The summed E-state index contributed by atoms with van der Waals surface area (Å²) in [4.78, 5) is 12.8. The summed E-state index contributed by atoms with van der Waals surface area (Å²) >= 11 is 0. The highest BCUT2D eigenvalue weighted by Gasteiger charge is 2.34. The maximum atomic E-state index is 12.7. The van der Waals surface area contributed by atoms with Crippen LogP contribution in [0.25, 0.3) is 0 Å². The van der Waals surface area contributed by atoms with Crippen LogP contribution in [0.3, 0.4) is 0 Å². The highest BCUT2D eigenvalue weighted by molar-refractivity contribution is 5.78. The fourth-order valence-corrected chi connectivity index (χ4v) is 1.72. The SMILES string of the molecule is O=C(COc1ccccc1C(F)(F)F)N1CC(O)C1. The highest BCUT2D eigenvalue weighted by atomic mass is 19.4. The number of β-amino-alcohol motifs (C(OH)–C–C–N with tert-alkyl or cyclic N) is 1. The van der Waals surface area contributed by atoms with Crippen molar-refractivity contribution in [1.29, 1.82) is 0 Å². The first-order chi connectivity index (χ1) is 8.88. The lowest BCUT2D eigenvalue weighted by Crippen LogP contribution is -2.54. The third-order valence-corrected chi connectivity index (χ3v) is 2.76. The van der Waals surface area contributed by atoms with Crippen molar-refractivity contribution in [3.8, 4) is 5.75 Å². The number of hydrogen-bond acceptors (Lipinski definition) is 3. The van der Waals surface area contributed by atoms with Gasteiger partial charge in [0.1, 0.15) is 5.75 Å². The highest BCUT2D eigenvalue weighted by Crippen LogP contribution is 2.35. The van der Waals surface area contributed by atoms with Crippen LogP contribution in [0, 0.1) is 0 Å². The largest absolute Gasteiger partial charge is 0.483 e. The van der Waals surface area contributed by atoms with Crippen LogP contribution >= 0.6 is 0 Å². The molecule has 0 unspecified atom stereocenters. The van der Waals surface area contributed by atoms with Gasteiger partial charge in [-0.3, -0.25) is 4.79 Å². The van der Waals surface area contributed by atoms with Gasteiger partial charge in [0.25, 0.3) is 5.91 Å². The Bertz CT molecular complexity index is 470. The van der Waals surface area contributed by atoms with Gasteiger partial charge in [-0.1, -0.05) is 12.1 Å². The van der Waals surface area contributed by atoms with Crippen LogP contribution in [-0.2, 0) is 11.0 Å². The Hall–Kier alpha value is -1.76. The molecule has 0 saturated carbocycles. The molecule has 1 aliphatic heterocycles. The van der Waals surface area contributed by atoms with Gasteiger partial charge in [0, 0.05) is 13.1 Å². The van der Waals surface area contributed by atoms with Crippen molar-refractivity contribution in [3.05, 3.63) is 29.8 Å². The molecule has 1 amide bonds. The Kier molecular flexibility index (Phi) is 3.66. The van der Waals surface area contributed by atoms with Gasteiger partial charge in [0.05, 0.1) is 11.7 Å². The first kappa shape index (κ1) is 13.7. The Balaban J connectivity index is 1.98. The molecule has 1 fully saturated rings. The second kappa shape index (κ2) is 5.08. The minimum Gasteiger partial charge on any atom is -0.483 e. The lowest BCUT2D eigenvalue weighted by atomic mass is 10.2. The molecule has 1 aromatic carbocycles. The van der Waals surface area contributed by atoms with Gasteiger partial charge in [-0.05, 0) is 12.1 Å². The summed E-state index contributed by atoms with van der Waals surface area (Å²) in [7, 11) is 0. The molecule has 7 heteroatoms. The molecule has 1 aliphatic rings. The van der Waals surface area contributed by atoms with E-state index in [9.17, 15) is 18.0 Å². The van der Waals surface area contributed by atoms with Crippen molar-refractivity contribution < 1.29 is 27.8 Å². The van der Waals surface area contributed by atoms with Gasteiger partial charge < -0.3 is 14.7 Å². The van der Waals surface area contributed by atoms with Crippen LogP contribution in [0.2, 0.25) is 0 Å². The summed E-state index contributed by atoms with van der Waals surface area (Å²) in [5.74, 6) is -0.813. The number of benzene rings is 1. The second-order valence-electron chi connectivity index (χ2n) is 4.24. The molecule has 0 bridgehead atoms. The number of rotatable bonds is 3. The molecule has 19 heavy (non-hydrogen) atoms. The topological polar surface area (TPSA) is 49.8 Å². The minimum atomic E-state index is -4.52. The third-order valence-electron chi connectivity index (χ3n) is 2.76. The van der Waals surface area contributed by atoms with Crippen LogP contribution in [0.4, 0.5) is 13.2 Å². The number of carbonyl (C=O) groups is 1. The van der Waals surface area contributed by atoms with E-state index in [2.05, 4.69) is 0 Å². The van der Waals surface area contributed by atoms with Gasteiger partial charge in [-0.25, -0.2) is 0 Å². The fraction of sp³-hybridized carbons (Fsp3) is 0.417. The van der Waals surface area contributed by atoms with Crippen molar-refractivity contribution >= 4 is 5.91 Å². The van der Waals surface area contributed by atoms with E-state index >= 15 is 0 Å².